The Labute approximate surface area is 208 Å². The number of amides is 1. The molecule has 2 N–H and O–H groups in total. The summed E-state index contributed by atoms with van der Waals surface area (Å²) in [6, 6.07) is 16.8. The first-order valence-electron chi connectivity index (χ1n) is 12.4. The quantitative estimate of drug-likeness (QED) is 0.613. The molecular weight excluding hydrogens is 462 g/mol. The highest BCUT2D eigenvalue weighted by atomic mass is 32.2. The maximum atomic E-state index is 12.8. The largest absolute Gasteiger partial charge is 0.325 e. The van der Waals surface area contributed by atoms with E-state index in [4.69, 9.17) is 0 Å². The number of carbonyl (C=O) groups excluding carboxylic acids is 1. The Balaban J connectivity index is 1.29. The van der Waals surface area contributed by atoms with Gasteiger partial charge < -0.3 is 5.32 Å². The van der Waals surface area contributed by atoms with Crippen LogP contribution in [0.5, 0.6) is 0 Å². The standard InChI is InChI=1S/C26H35N5O3S/c32-26(21-31-16-8-15-30(17-18-31)20-22-9-3-1-4-10-22)28-23-11-7-12-24(19-23)35(33,34)29-25-13-5-2-6-14-27-25/h1,3-4,7,9-12,19H,2,5-6,8,13-18,20-21H2,(H,27,29)(H,28,32). The predicted octanol–water partition coefficient (Wildman–Crippen LogP) is 3.08. The maximum absolute atomic E-state index is 12.8. The van der Waals surface area contributed by atoms with Crippen molar-refractivity contribution in [3.05, 3.63) is 60.2 Å². The minimum atomic E-state index is -3.75. The van der Waals surface area contributed by atoms with Crippen molar-refractivity contribution in [3.8, 4) is 0 Å². The molecule has 35 heavy (non-hydrogen) atoms. The molecule has 0 atom stereocenters. The van der Waals surface area contributed by atoms with Crippen molar-refractivity contribution in [2.45, 2.75) is 43.5 Å². The summed E-state index contributed by atoms with van der Waals surface area (Å²) in [7, 11) is -3.75. The highest BCUT2D eigenvalue weighted by Crippen LogP contribution is 2.17. The molecule has 4 rings (SSSR count). The number of hydrogen-bond acceptors (Lipinski definition) is 6. The molecule has 1 saturated heterocycles. The number of nitrogens with zero attached hydrogens (tertiary/aromatic N) is 3. The Kier molecular flexibility index (Phi) is 8.90. The SMILES string of the molecule is O=C(CN1CCCN(Cc2ccccc2)CC1)Nc1cccc(S(=O)(=O)NC2=NCCCCC2)c1. The number of nitrogens with one attached hydrogen (secondary N) is 2. The highest BCUT2D eigenvalue weighted by molar-refractivity contribution is 7.90. The third kappa shape index (κ3) is 7.88. The van der Waals surface area contributed by atoms with Gasteiger partial charge in [0.15, 0.2) is 0 Å². The molecule has 0 bridgehead atoms. The molecule has 2 aromatic rings. The second kappa shape index (κ2) is 12.3. The van der Waals surface area contributed by atoms with Crippen LogP contribution in [0.4, 0.5) is 5.69 Å². The summed E-state index contributed by atoms with van der Waals surface area (Å²) in [6.45, 7) is 5.44. The fourth-order valence-corrected chi connectivity index (χ4v) is 5.63. The number of rotatable bonds is 7. The van der Waals surface area contributed by atoms with E-state index in [9.17, 15) is 13.2 Å². The summed E-state index contributed by atoms with van der Waals surface area (Å²) in [4.78, 5) is 21.8. The Hall–Kier alpha value is -2.75. The lowest BCUT2D eigenvalue weighted by atomic mass is 10.2. The average Bonchev–Trinajstić information content (AvgIpc) is 3.22. The van der Waals surface area contributed by atoms with Crippen LogP contribution in [0.3, 0.4) is 0 Å². The van der Waals surface area contributed by atoms with Crippen LogP contribution in [0.2, 0.25) is 0 Å². The summed E-state index contributed by atoms with van der Waals surface area (Å²) >= 11 is 0. The topological polar surface area (TPSA) is 94.1 Å². The van der Waals surface area contributed by atoms with Crippen molar-refractivity contribution in [1.29, 1.82) is 0 Å². The van der Waals surface area contributed by atoms with Gasteiger partial charge in [-0.05, 0) is 56.1 Å². The number of amidine groups is 1. The van der Waals surface area contributed by atoms with Crippen molar-refractivity contribution in [1.82, 2.24) is 14.5 Å². The van der Waals surface area contributed by atoms with Crippen molar-refractivity contribution in [3.63, 3.8) is 0 Å². The Morgan fingerprint density at radius 2 is 1.69 bits per heavy atom. The van der Waals surface area contributed by atoms with Gasteiger partial charge in [-0.2, -0.15) is 0 Å². The fourth-order valence-electron chi connectivity index (χ4n) is 4.50. The van der Waals surface area contributed by atoms with E-state index < -0.39 is 10.0 Å². The predicted molar refractivity (Wildman–Crippen MR) is 139 cm³/mol. The van der Waals surface area contributed by atoms with Crippen molar-refractivity contribution in [2.24, 2.45) is 4.99 Å². The average molecular weight is 498 g/mol. The van der Waals surface area contributed by atoms with Gasteiger partial charge in [-0.1, -0.05) is 42.8 Å². The number of carbonyl (C=O) groups is 1. The Morgan fingerprint density at radius 1 is 0.886 bits per heavy atom. The van der Waals surface area contributed by atoms with Crippen LogP contribution in [-0.2, 0) is 21.4 Å². The third-order valence-corrected chi connectivity index (χ3v) is 7.73. The van der Waals surface area contributed by atoms with E-state index in [0.29, 0.717) is 24.5 Å². The summed E-state index contributed by atoms with van der Waals surface area (Å²) in [6.07, 6.45) is 4.60. The highest BCUT2D eigenvalue weighted by Gasteiger charge is 2.20. The van der Waals surface area contributed by atoms with Crippen LogP contribution in [0.15, 0.2) is 64.5 Å². The first-order valence-corrected chi connectivity index (χ1v) is 13.9. The molecule has 2 aliphatic rings. The van der Waals surface area contributed by atoms with Crippen LogP contribution < -0.4 is 10.0 Å². The molecule has 9 heteroatoms. The lowest BCUT2D eigenvalue weighted by Gasteiger charge is -2.21. The monoisotopic (exact) mass is 497 g/mol. The molecule has 0 saturated carbocycles. The molecule has 0 aliphatic carbocycles. The van der Waals surface area contributed by atoms with E-state index in [0.717, 1.165) is 58.4 Å². The fraction of sp³-hybridized carbons (Fsp3) is 0.462. The van der Waals surface area contributed by atoms with Gasteiger partial charge in [0, 0.05) is 38.3 Å². The molecule has 188 valence electrons. The molecule has 0 unspecified atom stereocenters. The van der Waals surface area contributed by atoms with Crippen molar-refractivity contribution >= 4 is 27.5 Å². The zero-order chi connectivity index (χ0) is 24.5. The molecule has 2 aliphatic heterocycles. The molecule has 0 radical (unpaired) electrons. The lowest BCUT2D eigenvalue weighted by molar-refractivity contribution is -0.117. The zero-order valence-corrected chi connectivity index (χ0v) is 21.0. The van der Waals surface area contributed by atoms with E-state index in [1.54, 1.807) is 12.1 Å². The van der Waals surface area contributed by atoms with Gasteiger partial charge in [0.25, 0.3) is 10.0 Å². The molecule has 2 aromatic carbocycles. The van der Waals surface area contributed by atoms with Gasteiger partial charge in [-0.25, -0.2) is 8.42 Å². The number of hydrogen-bond donors (Lipinski definition) is 2. The van der Waals surface area contributed by atoms with Crippen molar-refractivity contribution < 1.29 is 13.2 Å². The number of benzene rings is 2. The van der Waals surface area contributed by atoms with E-state index in [1.807, 2.05) is 6.07 Å². The molecule has 2 heterocycles. The van der Waals surface area contributed by atoms with Crippen LogP contribution in [0.25, 0.3) is 0 Å². The first kappa shape index (κ1) is 25.3. The molecule has 0 aromatic heterocycles. The smallest absolute Gasteiger partial charge is 0.262 e. The van der Waals surface area contributed by atoms with Gasteiger partial charge in [-0.3, -0.25) is 24.3 Å². The second-order valence-corrected chi connectivity index (χ2v) is 10.9. The van der Waals surface area contributed by atoms with Crippen LogP contribution in [0, 0.1) is 0 Å². The first-order chi connectivity index (χ1) is 17.0. The number of sulfonamides is 1. The van der Waals surface area contributed by atoms with Gasteiger partial charge in [0.05, 0.1) is 11.4 Å². The Morgan fingerprint density at radius 3 is 2.54 bits per heavy atom. The summed E-state index contributed by atoms with van der Waals surface area (Å²) in [5, 5.41) is 2.87. The van der Waals surface area contributed by atoms with Gasteiger partial charge in [-0.15, -0.1) is 0 Å². The minimum Gasteiger partial charge on any atom is -0.325 e. The van der Waals surface area contributed by atoms with Crippen molar-refractivity contribution in [2.75, 3.05) is 44.6 Å². The van der Waals surface area contributed by atoms with Gasteiger partial charge in [0.1, 0.15) is 5.84 Å². The lowest BCUT2D eigenvalue weighted by Crippen LogP contribution is -2.36. The molecular formula is C26H35N5O3S. The zero-order valence-electron chi connectivity index (χ0n) is 20.2. The minimum absolute atomic E-state index is 0.119. The molecule has 1 amide bonds. The van der Waals surface area contributed by atoms with Crippen LogP contribution >= 0.6 is 0 Å². The van der Waals surface area contributed by atoms with E-state index in [2.05, 4.69) is 49.1 Å². The Bertz CT molecular complexity index is 1120. The van der Waals surface area contributed by atoms with Gasteiger partial charge >= 0.3 is 0 Å². The van der Waals surface area contributed by atoms with E-state index >= 15 is 0 Å². The second-order valence-electron chi connectivity index (χ2n) is 9.21. The van der Waals surface area contributed by atoms with E-state index in [1.165, 1.54) is 17.7 Å². The van der Waals surface area contributed by atoms with E-state index in [-0.39, 0.29) is 17.3 Å². The van der Waals surface area contributed by atoms with Crippen LogP contribution in [-0.4, -0.2) is 69.2 Å². The number of aliphatic imine (C=N–C) groups is 1. The normalized spacial score (nSPS) is 18.2. The maximum Gasteiger partial charge on any atom is 0.262 e. The molecule has 0 spiro atoms. The van der Waals surface area contributed by atoms with Crippen LogP contribution in [0.1, 0.15) is 37.7 Å². The summed E-state index contributed by atoms with van der Waals surface area (Å²) < 4.78 is 28.3. The molecule has 8 nitrogen and oxygen atoms in total. The van der Waals surface area contributed by atoms with Gasteiger partial charge in [0.2, 0.25) is 5.91 Å². The number of anilines is 1. The summed E-state index contributed by atoms with van der Waals surface area (Å²) in [5.41, 5.74) is 1.77. The molecule has 1 fully saturated rings. The summed E-state index contributed by atoms with van der Waals surface area (Å²) in [5.74, 6) is 0.372. The third-order valence-electron chi connectivity index (χ3n) is 6.35.